The summed E-state index contributed by atoms with van der Waals surface area (Å²) in [5.74, 6) is 0.0167. The van der Waals surface area contributed by atoms with Crippen molar-refractivity contribution >= 4 is 27.5 Å². The standard InChI is InChI=1S/C21H22BrN3O/c1-13(2)20-18(12-23-25(20)17-8-5-14(3)6-9-17)21(26)24-19-10-7-16(22)11-15(19)4/h5-13H,1-4H3,(H,24,26). The molecule has 1 aromatic heterocycles. The van der Waals surface area contributed by atoms with E-state index in [4.69, 9.17) is 0 Å². The Hall–Kier alpha value is -2.40. The Morgan fingerprint density at radius 1 is 1.12 bits per heavy atom. The number of aromatic nitrogens is 2. The molecule has 0 radical (unpaired) electrons. The Kier molecular flexibility index (Phi) is 5.28. The minimum Gasteiger partial charge on any atom is -0.322 e. The summed E-state index contributed by atoms with van der Waals surface area (Å²) in [6.45, 7) is 8.17. The Bertz CT molecular complexity index is 942. The Morgan fingerprint density at radius 2 is 1.81 bits per heavy atom. The van der Waals surface area contributed by atoms with E-state index in [1.54, 1.807) is 6.20 Å². The highest BCUT2D eigenvalue weighted by Gasteiger charge is 2.21. The van der Waals surface area contributed by atoms with Crippen LogP contribution in [0.5, 0.6) is 0 Å². The van der Waals surface area contributed by atoms with E-state index in [1.807, 2.05) is 54.1 Å². The van der Waals surface area contributed by atoms with Crippen LogP contribution in [0.4, 0.5) is 5.69 Å². The van der Waals surface area contributed by atoms with Gasteiger partial charge >= 0.3 is 0 Å². The molecule has 0 atom stereocenters. The summed E-state index contributed by atoms with van der Waals surface area (Å²) >= 11 is 3.45. The number of rotatable bonds is 4. The van der Waals surface area contributed by atoms with Crippen molar-refractivity contribution in [2.45, 2.75) is 33.6 Å². The number of anilines is 1. The van der Waals surface area contributed by atoms with E-state index in [1.165, 1.54) is 5.56 Å². The molecule has 5 heteroatoms. The number of aryl methyl sites for hydroxylation is 2. The number of carbonyl (C=O) groups is 1. The van der Waals surface area contributed by atoms with E-state index in [-0.39, 0.29) is 11.8 Å². The Balaban J connectivity index is 1.97. The van der Waals surface area contributed by atoms with Crippen LogP contribution in [0, 0.1) is 13.8 Å². The molecular weight excluding hydrogens is 390 g/mol. The third kappa shape index (κ3) is 3.73. The number of amides is 1. The molecule has 1 heterocycles. The third-order valence-corrected chi connectivity index (χ3v) is 4.81. The van der Waals surface area contributed by atoms with Gasteiger partial charge in [0, 0.05) is 10.2 Å². The number of nitrogens with zero attached hydrogens (tertiary/aromatic N) is 2. The predicted octanol–water partition coefficient (Wildman–Crippen LogP) is 5.63. The molecule has 0 aliphatic rings. The van der Waals surface area contributed by atoms with Gasteiger partial charge in [0.25, 0.3) is 5.91 Å². The van der Waals surface area contributed by atoms with Crippen LogP contribution in [0.1, 0.15) is 46.9 Å². The maximum atomic E-state index is 12.9. The summed E-state index contributed by atoms with van der Waals surface area (Å²) in [7, 11) is 0. The molecule has 0 fully saturated rings. The topological polar surface area (TPSA) is 46.9 Å². The fraction of sp³-hybridized carbons (Fsp3) is 0.238. The van der Waals surface area contributed by atoms with E-state index in [9.17, 15) is 4.79 Å². The molecule has 0 unspecified atom stereocenters. The SMILES string of the molecule is Cc1ccc(-n2ncc(C(=O)Nc3ccc(Br)cc3C)c2C(C)C)cc1. The lowest BCUT2D eigenvalue weighted by molar-refractivity contribution is 0.102. The quantitative estimate of drug-likeness (QED) is 0.604. The molecule has 1 N–H and O–H groups in total. The minimum atomic E-state index is -0.141. The fourth-order valence-electron chi connectivity index (χ4n) is 2.94. The van der Waals surface area contributed by atoms with Crippen LogP contribution in [0.25, 0.3) is 5.69 Å². The van der Waals surface area contributed by atoms with Gasteiger partial charge < -0.3 is 5.32 Å². The summed E-state index contributed by atoms with van der Waals surface area (Å²) in [6, 6.07) is 13.9. The molecule has 4 nitrogen and oxygen atoms in total. The van der Waals surface area contributed by atoms with Gasteiger partial charge in [-0.05, 0) is 55.7 Å². The van der Waals surface area contributed by atoms with Crippen LogP contribution < -0.4 is 5.32 Å². The highest BCUT2D eigenvalue weighted by molar-refractivity contribution is 9.10. The summed E-state index contributed by atoms with van der Waals surface area (Å²) in [5.41, 5.74) is 5.46. The van der Waals surface area contributed by atoms with Gasteiger partial charge in [-0.15, -0.1) is 0 Å². The van der Waals surface area contributed by atoms with Crippen LogP contribution >= 0.6 is 15.9 Å². The second-order valence-electron chi connectivity index (χ2n) is 6.76. The predicted molar refractivity (Wildman–Crippen MR) is 109 cm³/mol. The molecule has 0 saturated heterocycles. The molecule has 1 amide bonds. The zero-order valence-corrected chi connectivity index (χ0v) is 17.0. The van der Waals surface area contributed by atoms with Crippen LogP contribution in [-0.4, -0.2) is 15.7 Å². The van der Waals surface area contributed by atoms with Crippen LogP contribution in [-0.2, 0) is 0 Å². The molecule has 0 aliphatic carbocycles. The van der Waals surface area contributed by atoms with E-state index in [0.29, 0.717) is 5.56 Å². The third-order valence-electron chi connectivity index (χ3n) is 4.31. The first-order valence-corrected chi connectivity index (χ1v) is 9.38. The number of benzene rings is 2. The fourth-order valence-corrected chi connectivity index (χ4v) is 3.41. The van der Waals surface area contributed by atoms with Gasteiger partial charge in [-0.2, -0.15) is 5.10 Å². The molecular formula is C21H22BrN3O. The summed E-state index contributed by atoms with van der Waals surface area (Å²) in [4.78, 5) is 12.9. The van der Waals surface area contributed by atoms with Crippen molar-refractivity contribution in [3.05, 3.63) is 75.5 Å². The van der Waals surface area contributed by atoms with Gasteiger partial charge in [0.05, 0.1) is 23.1 Å². The monoisotopic (exact) mass is 411 g/mol. The molecule has 2 aromatic carbocycles. The van der Waals surface area contributed by atoms with Crippen molar-refractivity contribution in [3.63, 3.8) is 0 Å². The zero-order chi connectivity index (χ0) is 18.8. The van der Waals surface area contributed by atoms with Gasteiger partial charge in [-0.1, -0.05) is 47.5 Å². The first-order valence-electron chi connectivity index (χ1n) is 8.59. The van der Waals surface area contributed by atoms with Crippen molar-refractivity contribution in [2.24, 2.45) is 0 Å². The molecule has 0 bridgehead atoms. The van der Waals surface area contributed by atoms with Crippen molar-refractivity contribution in [1.29, 1.82) is 0 Å². The van der Waals surface area contributed by atoms with Gasteiger partial charge in [0.1, 0.15) is 0 Å². The van der Waals surface area contributed by atoms with Crippen molar-refractivity contribution in [1.82, 2.24) is 9.78 Å². The van der Waals surface area contributed by atoms with E-state index < -0.39 is 0 Å². The first-order chi connectivity index (χ1) is 12.4. The van der Waals surface area contributed by atoms with Crippen molar-refractivity contribution in [2.75, 3.05) is 5.32 Å². The van der Waals surface area contributed by atoms with Crippen molar-refractivity contribution in [3.8, 4) is 5.69 Å². The number of hydrogen-bond donors (Lipinski definition) is 1. The van der Waals surface area contributed by atoms with E-state index >= 15 is 0 Å². The van der Waals surface area contributed by atoms with Crippen molar-refractivity contribution < 1.29 is 4.79 Å². The van der Waals surface area contributed by atoms with Gasteiger partial charge in [0.2, 0.25) is 0 Å². The lowest BCUT2D eigenvalue weighted by Gasteiger charge is -2.14. The minimum absolute atomic E-state index is 0.141. The summed E-state index contributed by atoms with van der Waals surface area (Å²) in [5, 5.41) is 7.49. The highest BCUT2D eigenvalue weighted by atomic mass is 79.9. The van der Waals surface area contributed by atoms with E-state index in [0.717, 1.165) is 27.1 Å². The summed E-state index contributed by atoms with van der Waals surface area (Å²) < 4.78 is 2.84. The second-order valence-corrected chi connectivity index (χ2v) is 7.67. The lowest BCUT2D eigenvalue weighted by Crippen LogP contribution is -2.16. The van der Waals surface area contributed by atoms with Crippen LogP contribution in [0.2, 0.25) is 0 Å². The largest absolute Gasteiger partial charge is 0.322 e. The molecule has 26 heavy (non-hydrogen) atoms. The molecule has 3 rings (SSSR count). The number of halogens is 1. The average Bonchev–Trinajstić information content (AvgIpc) is 3.03. The van der Waals surface area contributed by atoms with Crippen LogP contribution in [0.3, 0.4) is 0 Å². The first kappa shape index (κ1) is 18.4. The average molecular weight is 412 g/mol. The number of hydrogen-bond acceptors (Lipinski definition) is 2. The molecule has 0 aliphatic heterocycles. The Labute approximate surface area is 162 Å². The highest BCUT2D eigenvalue weighted by Crippen LogP contribution is 2.25. The number of carbonyl (C=O) groups excluding carboxylic acids is 1. The normalized spacial score (nSPS) is 11.0. The zero-order valence-electron chi connectivity index (χ0n) is 15.4. The lowest BCUT2D eigenvalue weighted by atomic mass is 10.0. The molecule has 0 saturated carbocycles. The Morgan fingerprint density at radius 3 is 2.42 bits per heavy atom. The molecule has 134 valence electrons. The van der Waals surface area contributed by atoms with E-state index in [2.05, 4.69) is 47.1 Å². The van der Waals surface area contributed by atoms with Gasteiger partial charge in [-0.25, -0.2) is 4.68 Å². The maximum absolute atomic E-state index is 12.9. The summed E-state index contributed by atoms with van der Waals surface area (Å²) in [6.07, 6.45) is 1.65. The number of nitrogens with one attached hydrogen (secondary N) is 1. The smallest absolute Gasteiger partial charge is 0.259 e. The van der Waals surface area contributed by atoms with Gasteiger partial charge in [-0.3, -0.25) is 4.79 Å². The molecule has 0 spiro atoms. The van der Waals surface area contributed by atoms with Gasteiger partial charge in [0.15, 0.2) is 0 Å². The second kappa shape index (κ2) is 7.46. The molecule has 3 aromatic rings. The van der Waals surface area contributed by atoms with Crippen LogP contribution in [0.15, 0.2) is 53.1 Å². The maximum Gasteiger partial charge on any atom is 0.259 e.